The van der Waals surface area contributed by atoms with Crippen molar-refractivity contribution >= 4 is 11.8 Å². The van der Waals surface area contributed by atoms with Crippen molar-refractivity contribution < 1.29 is 0 Å². The zero-order valence-electron chi connectivity index (χ0n) is 10.2. The Balaban J connectivity index is 2.30. The van der Waals surface area contributed by atoms with Crippen molar-refractivity contribution in [2.24, 2.45) is 5.73 Å². The molecular weight excluding hydrogens is 226 g/mol. The zero-order valence-corrected chi connectivity index (χ0v) is 11.0. The van der Waals surface area contributed by atoms with Crippen LogP contribution in [0, 0.1) is 6.92 Å². The third-order valence-corrected chi connectivity index (χ3v) is 3.74. The second kappa shape index (κ2) is 5.39. The highest BCUT2D eigenvalue weighted by Crippen LogP contribution is 2.24. The molecule has 0 bridgehead atoms. The van der Waals surface area contributed by atoms with Crippen LogP contribution in [0.3, 0.4) is 0 Å². The number of thioether (sulfide) groups is 1. The van der Waals surface area contributed by atoms with Crippen molar-refractivity contribution in [1.29, 1.82) is 0 Å². The first kappa shape index (κ1) is 12.2. The predicted molar refractivity (Wildman–Crippen MR) is 75.4 cm³/mol. The molecule has 0 spiro atoms. The van der Waals surface area contributed by atoms with Crippen molar-refractivity contribution in [2.45, 2.75) is 17.9 Å². The van der Waals surface area contributed by atoms with Gasteiger partial charge in [-0.1, -0.05) is 36.4 Å². The molecule has 0 aromatic heterocycles. The molecular formula is C15H17NS. The van der Waals surface area contributed by atoms with Gasteiger partial charge in [-0.2, -0.15) is 0 Å². The summed E-state index contributed by atoms with van der Waals surface area (Å²) < 4.78 is 0. The predicted octanol–water partition coefficient (Wildman–Crippen LogP) is 3.77. The van der Waals surface area contributed by atoms with Crippen LogP contribution in [-0.2, 0) is 0 Å². The Kier molecular flexibility index (Phi) is 3.87. The Morgan fingerprint density at radius 3 is 2.24 bits per heavy atom. The zero-order chi connectivity index (χ0) is 12.3. The summed E-state index contributed by atoms with van der Waals surface area (Å²) in [6, 6.07) is 16.7. The molecule has 0 heterocycles. The number of aryl methyl sites for hydroxylation is 1. The van der Waals surface area contributed by atoms with Crippen LogP contribution in [0.15, 0.2) is 53.4 Å². The van der Waals surface area contributed by atoms with E-state index in [9.17, 15) is 0 Å². The van der Waals surface area contributed by atoms with Crippen molar-refractivity contribution in [1.82, 2.24) is 0 Å². The van der Waals surface area contributed by atoms with Gasteiger partial charge >= 0.3 is 0 Å². The van der Waals surface area contributed by atoms with Gasteiger partial charge < -0.3 is 5.73 Å². The first-order chi connectivity index (χ1) is 8.22. The van der Waals surface area contributed by atoms with Gasteiger partial charge in [0.15, 0.2) is 0 Å². The van der Waals surface area contributed by atoms with Crippen LogP contribution in [0.1, 0.15) is 22.7 Å². The molecule has 2 aromatic carbocycles. The average molecular weight is 243 g/mol. The Bertz CT molecular complexity index is 491. The summed E-state index contributed by atoms with van der Waals surface area (Å²) in [5.74, 6) is 0. The number of hydrogen-bond acceptors (Lipinski definition) is 2. The fourth-order valence-corrected chi connectivity index (χ4v) is 2.33. The van der Waals surface area contributed by atoms with Gasteiger partial charge in [-0.15, -0.1) is 11.8 Å². The van der Waals surface area contributed by atoms with Crippen LogP contribution >= 0.6 is 11.8 Å². The molecule has 1 unspecified atom stereocenters. The number of rotatable bonds is 3. The van der Waals surface area contributed by atoms with Gasteiger partial charge in [-0.3, -0.25) is 0 Å². The van der Waals surface area contributed by atoms with E-state index in [0.717, 1.165) is 5.56 Å². The Labute approximate surface area is 107 Å². The fraction of sp³-hybridized carbons (Fsp3) is 0.200. The Morgan fingerprint density at radius 1 is 1.00 bits per heavy atom. The summed E-state index contributed by atoms with van der Waals surface area (Å²) in [4.78, 5) is 1.27. The summed E-state index contributed by atoms with van der Waals surface area (Å²) in [5.41, 5.74) is 9.91. The molecule has 0 saturated carbocycles. The molecule has 0 amide bonds. The van der Waals surface area contributed by atoms with Gasteiger partial charge in [0, 0.05) is 4.90 Å². The third kappa shape index (κ3) is 2.71. The Morgan fingerprint density at radius 2 is 1.65 bits per heavy atom. The monoisotopic (exact) mass is 243 g/mol. The summed E-state index contributed by atoms with van der Waals surface area (Å²) >= 11 is 1.75. The van der Waals surface area contributed by atoms with Gasteiger partial charge in [0.2, 0.25) is 0 Å². The lowest BCUT2D eigenvalue weighted by molar-refractivity contribution is 0.860. The lowest BCUT2D eigenvalue weighted by Gasteiger charge is -2.15. The van der Waals surface area contributed by atoms with Gasteiger partial charge in [0.25, 0.3) is 0 Å². The molecule has 0 radical (unpaired) electrons. The molecule has 0 aliphatic carbocycles. The highest BCUT2D eigenvalue weighted by molar-refractivity contribution is 7.98. The molecule has 0 aliphatic rings. The van der Waals surface area contributed by atoms with Crippen molar-refractivity contribution in [3.63, 3.8) is 0 Å². The van der Waals surface area contributed by atoms with Crippen LogP contribution in [0.5, 0.6) is 0 Å². The molecule has 0 fully saturated rings. The number of nitrogens with two attached hydrogens (primary N) is 1. The largest absolute Gasteiger partial charge is 0.320 e. The normalized spacial score (nSPS) is 12.4. The van der Waals surface area contributed by atoms with E-state index in [4.69, 9.17) is 5.73 Å². The van der Waals surface area contributed by atoms with E-state index in [0.29, 0.717) is 0 Å². The van der Waals surface area contributed by atoms with Gasteiger partial charge in [-0.05, 0) is 42.0 Å². The van der Waals surface area contributed by atoms with Gasteiger partial charge in [0.1, 0.15) is 0 Å². The summed E-state index contributed by atoms with van der Waals surface area (Å²) in [6.45, 7) is 2.10. The molecule has 0 saturated heterocycles. The smallest absolute Gasteiger partial charge is 0.0554 e. The van der Waals surface area contributed by atoms with Gasteiger partial charge in [0.05, 0.1) is 6.04 Å². The third-order valence-electron chi connectivity index (χ3n) is 3.00. The highest BCUT2D eigenvalue weighted by atomic mass is 32.2. The Hall–Kier alpha value is -1.25. The summed E-state index contributed by atoms with van der Waals surface area (Å²) in [7, 11) is 0. The van der Waals surface area contributed by atoms with Crippen LogP contribution in [0.4, 0.5) is 0 Å². The molecule has 2 heteroatoms. The van der Waals surface area contributed by atoms with Crippen LogP contribution in [0.25, 0.3) is 0 Å². The second-order valence-electron chi connectivity index (χ2n) is 4.11. The van der Waals surface area contributed by atoms with Crippen LogP contribution < -0.4 is 5.73 Å². The fourth-order valence-electron chi connectivity index (χ4n) is 1.93. The molecule has 88 valence electrons. The minimum Gasteiger partial charge on any atom is -0.320 e. The van der Waals surface area contributed by atoms with Crippen molar-refractivity contribution in [2.75, 3.05) is 6.26 Å². The van der Waals surface area contributed by atoms with Gasteiger partial charge in [-0.25, -0.2) is 0 Å². The minimum atomic E-state index is -0.0351. The number of hydrogen-bond donors (Lipinski definition) is 1. The van der Waals surface area contributed by atoms with E-state index in [1.807, 2.05) is 12.1 Å². The maximum Gasteiger partial charge on any atom is 0.0554 e. The first-order valence-electron chi connectivity index (χ1n) is 5.67. The standard InChI is InChI=1S/C15H17NS/c1-11-5-3-4-6-14(11)15(16)12-7-9-13(17-2)10-8-12/h3-10,15H,16H2,1-2H3. The molecule has 2 N–H and O–H groups in total. The molecule has 1 atom stereocenters. The first-order valence-corrected chi connectivity index (χ1v) is 6.90. The van der Waals surface area contributed by atoms with E-state index in [2.05, 4.69) is 49.6 Å². The van der Waals surface area contributed by atoms with Crippen molar-refractivity contribution in [3.05, 3.63) is 65.2 Å². The highest BCUT2D eigenvalue weighted by Gasteiger charge is 2.10. The SMILES string of the molecule is CSc1ccc(C(N)c2ccccc2C)cc1. The van der Waals surface area contributed by atoms with Crippen LogP contribution in [0.2, 0.25) is 0 Å². The van der Waals surface area contributed by atoms with E-state index >= 15 is 0 Å². The summed E-state index contributed by atoms with van der Waals surface area (Å²) in [5, 5.41) is 0. The van der Waals surface area contributed by atoms with Crippen LogP contribution in [-0.4, -0.2) is 6.26 Å². The summed E-state index contributed by atoms with van der Waals surface area (Å²) in [6.07, 6.45) is 2.08. The van der Waals surface area contributed by atoms with E-state index in [1.165, 1.54) is 16.0 Å². The van der Waals surface area contributed by atoms with E-state index in [1.54, 1.807) is 11.8 Å². The lowest BCUT2D eigenvalue weighted by Crippen LogP contribution is -2.12. The lowest BCUT2D eigenvalue weighted by atomic mass is 9.96. The average Bonchev–Trinajstić information content (AvgIpc) is 2.39. The quantitative estimate of drug-likeness (QED) is 0.831. The minimum absolute atomic E-state index is 0.0351. The second-order valence-corrected chi connectivity index (χ2v) is 4.99. The topological polar surface area (TPSA) is 26.0 Å². The maximum atomic E-state index is 6.30. The number of benzene rings is 2. The maximum absolute atomic E-state index is 6.30. The molecule has 1 nitrogen and oxygen atoms in total. The van der Waals surface area contributed by atoms with Crippen molar-refractivity contribution in [3.8, 4) is 0 Å². The van der Waals surface area contributed by atoms with E-state index in [-0.39, 0.29) is 6.04 Å². The molecule has 2 rings (SSSR count). The molecule has 2 aromatic rings. The van der Waals surface area contributed by atoms with E-state index < -0.39 is 0 Å². The molecule has 17 heavy (non-hydrogen) atoms. The molecule has 0 aliphatic heterocycles.